The van der Waals surface area contributed by atoms with Crippen molar-refractivity contribution in [3.63, 3.8) is 0 Å². The first-order valence-electron chi connectivity index (χ1n) is 13.1. The van der Waals surface area contributed by atoms with Crippen molar-refractivity contribution in [3.05, 3.63) is 0 Å². The van der Waals surface area contributed by atoms with E-state index in [0.717, 1.165) is 57.8 Å². The minimum absolute atomic E-state index is 0.212. The van der Waals surface area contributed by atoms with E-state index in [9.17, 15) is 29.4 Å². The van der Waals surface area contributed by atoms with Crippen LogP contribution in [0.25, 0.3) is 0 Å². The first kappa shape index (κ1) is 30.8. The fourth-order valence-corrected chi connectivity index (χ4v) is 3.95. The van der Waals surface area contributed by atoms with Gasteiger partial charge in [0, 0.05) is 0 Å². The maximum absolute atomic E-state index is 12.7. The number of aliphatic hydroxyl groups is 2. The molecular weight excluding hydrogens is 456 g/mol. The van der Waals surface area contributed by atoms with Gasteiger partial charge in [0.25, 0.3) is 0 Å². The van der Waals surface area contributed by atoms with Crippen molar-refractivity contribution in [2.75, 3.05) is 13.2 Å². The van der Waals surface area contributed by atoms with Crippen LogP contribution < -0.4 is 10.6 Å². The van der Waals surface area contributed by atoms with Gasteiger partial charge < -0.3 is 30.3 Å². The van der Waals surface area contributed by atoms with Crippen molar-refractivity contribution in [1.29, 1.82) is 0 Å². The van der Waals surface area contributed by atoms with Crippen molar-refractivity contribution in [2.45, 2.75) is 122 Å². The lowest BCUT2D eigenvalue weighted by molar-refractivity contribution is -0.160. The summed E-state index contributed by atoms with van der Waals surface area (Å²) in [5.41, 5.74) is 0. The summed E-state index contributed by atoms with van der Waals surface area (Å²) in [5.74, 6) is -2.77. The summed E-state index contributed by atoms with van der Waals surface area (Å²) in [6.45, 7) is 2.85. The van der Waals surface area contributed by atoms with Crippen LogP contribution in [0.1, 0.15) is 97.3 Å². The molecule has 0 bridgehead atoms. The molecule has 0 aromatic carbocycles. The van der Waals surface area contributed by atoms with Gasteiger partial charge in [-0.15, -0.1) is 0 Å². The Labute approximate surface area is 208 Å². The lowest BCUT2D eigenvalue weighted by Crippen LogP contribution is -2.49. The molecule has 4 N–H and O–H groups in total. The largest absolute Gasteiger partial charge is 0.460 e. The molecule has 0 aromatic heterocycles. The number of carbonyl (C=O) groups is 4. The maximum atomic E-state index is 12.7. The van der Waals surface area contributed by atoms with Crippen LogP contribution in [0.4, 0.5) is 0 Å². The van der Waals surface area contributed by atoms with Crippen LogP contribution in [-0.2, 0) is 28.7 Å². The smallest absolute Gasteiger partial charge is 0.331 e. The van der Waals surface area contributed by atoms with Crippen LogP contribution in [-0.4, -0.2) is 71.5 Å². The van der Waals surface area contributed by atoms with Gasteiger partial charge in [-0.1, -0.05) is 58.8 Å². The molecule has 0 aromatic rings. The van der Waals surface area contributed by atoms with E-state index in [1.54, 1.807) is 0 Å². The molecular formula is C25H44N2O8. The Morgan fingerprint density at radius 1 is 0.657 bits per heavy atom. The number of carbonyl (C=O) groups excluding carboxylic acids is 4. The fourth-order valence-electron chi connectivity index (χ4n) is 3.95. The van der Waals surface area contributed by atoms with Crippen molar-refractivity contribution in [1.82, 2.24) is 10.6 Å². The average molecular weight is 501 g/mol. The third-order valence-corrected chi connectivity index (χ3v) is 6.01. The van der Waals surface area contributed by atoms with Gasteiger partial charge in [-0.25, -0.2) is 9.59 Å². The third kappa shape index (κ3) is 12.9. The summed E-state index contributed by atoms with van der Waals surface area (Å²) in [4.78, 5) is 50.5. The first-order valence-corrected chi connectivity index (χ1v) is 13.1. The van der Waals surface area contributed by atoms with Gasteiger partial charge in [-0.3, -0.25) is 9.59 Å². The van der Waals surface area contributed by atoms with Gasteiger partial charge in [-0.05, 0) is 25.7 Å². The summed E-state index contributed by atoms with van der Waals surface area (Å²) >= 11 is 0. The minimum atomic E-state index is -1.28. The van der Waals surface area contributed by atoms with Crippen molar-refractivity contribution in [3.8, 4) is 0 Å². The summed E-state index contributed by atoms with van der Waals surface area (Å²) in [6, 6.07) is -2.56. The highest BCUT2D eigenvalue weighted by Crippen LogP contribution is 2.16. The van der Waals surface area contributed by atoms with Crippen LogP contribution in [0, 0.1) is 0 Å². The molecule has 1 rings (SSSR count). The number of ether oxygens (including phenoxy) is 2. The SMILES string of the molecule is CCCCCCCC1CC(=O)N[C@@H](CO)C(=O)OC(CCCCCC)CC(=O)N[C@@H](CO)C(=O)O1. The van der Waals surface area contributed by atoms with Gasteiger partial charge in [0.15, 0.2) is 12.1 Å². The molecule has 1 fully saturated rings. The molecule has 1 aliphatic heterocycles. The molecule has 0 radical (unpaired) electrons. The lowest BCUT2D eigenvalue weighted by Gasteiger charge is -2.25. The molecule has 1 heterocycles. The molecule has 2 amide bonds. The zero-order valence-corrected chi connectivity index (χ0v) is 21.3. The van der Waals surface area contributed by atoms with E-state index in [1.807, 2.05) is 0 Å². The number of cyclic esters (lactones) is 2. The lowest BCUT2D eigenvalue weighted by atomic mass is 10.0. The Hall–Kier alpha value is -2.20. The molecule has 35 heavy (non-hydrogen) atoms. The molecule has 1 saturated heterocycles. The topological polar surface area (TPSA) is 151 Å². The molecule has 1 aliphatic rings. The van der Waals surface area contributed by atoms with Crippen molar-refractivity contribution >= 4 is 23.8 Å². The fraction of sp³-hybridized carbons (Fsp3) is 0.840. The normalized spacial score (nSPS) is 24.7. The number of nitrogens with one attached hydrogen (secondary N) is 2. The van der Waals surface area contributed by atoms with Crippen LogP contribution >= 0.6 is 0 Å². The van der Waals surface area contributed by atoms with Gasteiger partial charge in [0.1, 0.15) is 12.2 Å². The Balaban J connectivity index is 2.98. The highest BCUT2D eigenvalue weighted by Gasteiger charge is 2.31. The minimum Gasteiger partial charge on any atom is -0.460 e. The summed E-state index contributed by atoms with van der Waals surface area (Å²) in [7, 11) is 0. The molecule has 10 nitrogen and oxygen atoms in total. The van der Waals surface area contributed by atoms with Gasteiger partial charge in [0.2, 0.25) is 11.8 Å². The Morgan fingerprint density at radius 3 is 1.40 bits per heavy atom. The Morgan fingerprint density at radius 2 is 1.03 bits per heavy atom. The van der Waals surface area contributed by atoms with E-state index in [0.29, 0.717) is 12.8 Å². The number of amides is 2. The number of rotatable bonds is 13. The van der Waals surface area contributed by atoms with E-state index in [4.69, 9.17) is 9.47 Å². The zero-order valence-electron chi connectivity index (χ0n) is 21.3. The molecule has 10 heteroatoms. The number of aliphatic hydroxyl groups excluding tert-OH is 2. The zero-order chi connectivity index (χ0) is 26.1. The Bertz CT molecular complexity index is 657. The van der Waals surface area contributed by atoms with Crippen LogP contribution in [0.3, 0.4) is 0 Å². The standard InChI is InChI=1S/C25H44N2O8/c1-3-5-7-9-11-13-19-15-23(31)27-20(16-28)24(32)34-18(12-10-8-6-4-2)14-22(30)26-21(17-29)25(33)35-19/h18-21,28-29H,3-17H2,1-2H3,(H,26,30)(H,27,31)/t18?,19?,20-,21-/m0/s1. The predicted octanol–water partition coefficient (Wildman–Crippen LogP) is 1.89. The second-order valence-corrected chi connectivity index (χ2v) is 9.18. The number of esters is 2. The molecule has 0 spiro atoms. The van der Waals surface area contributed by atoms with E-state index >= 15 is 0 Å². The van der Waals surface area contributed by atoms with Gasteiger partial charge in [0.05, 0.1) is 26.1 Å². The van der Waals surface area contributed by atoms with Crippen LogP contribution in [0.2, 0.25) is 0 Å². The van der Waals surface area contributed by atoms with E-state index < -0.39 is 61.3 Å². The number of hydrogen-bond acceptors (Lipinski definition) is 8. The summed E-state index contributed by atoms with van der Waals surface area (Å²) < 4.78 is 11.0. The highest BCUT2D eigenvalue weighted by atomic mass is 16.6. The van der Waals surface area contributed by atoms with E-state index in [2.05, 4.69) is 24.5 Å². The van der Waals surface area contributed by atoms with Crippen LogP contribution in [0.5, 0.6) is 0 Å². The van der Waals surface area contributed by atoms with Gasteiger partial charge >= 0.3 is 11.9 Å². The maximum Gasteiger partial charge on any atom is 0.331 e. The quantitative estimate of drug-likeness (QED) is 0.221. The molecule has 4 atom stereocenters. The van der Waals surface area contributed by atoms with E-state index in [1.165, 1.54) is 0 Å². The third-order valence-electron chi connectivity index (χ3n) is 6.01. The highest BCUT2D eigenvalue weighted by molar-refractivity contribution is 5.87. The first-order chi connectivity index (χ1) is 16.8. The van der Waals surface area contributed by atoms with E-state index in [-0.39, 0.29) is 12.8 Å². The Kier molecular flexibility index (Phi) is 16.0. The average Bonchev–Trinajstić information content (AvgIpc) is 2.82. The molecule has 0 saturated carbocycles. The second kappa shape index (κ2) is 18.1. The monoisotopic (exact) mass is 500 g/mol. The summed E-state index contributed by atoms with van der Waals surface area (Å²) in [6.07, 6.45) is 7.30. The number of hydrogen-bond donors (Lipinski definition) is 4. The summed E-state index contributed by atoms with van der Waals surface area (Å²) in [5, 5.41) is 24.2. The molecule has 0 aliphatic carbocycles. The number of unbranched alkanes of at least 4 members (excludes halogenated alkanes) is 7. The van der Waals surface area contributed by atoms with Crippen molar-refractivity contribution in [2.24, 2.45) is 0 Å². The van der Waals surface area contributed by atoms with Gasteiger partial charge in [-0.2, -0.15) is 0 Å². The molecule has 2 unspecified atom stereocenters. The predicted molar refractivity (Wildman–Crippen MR) is 129 cm³/mol. The molecule has 202 valence electrons. The van der Waals surface area contributed by atoms with Crippen LogP contribution in [0.15, 0.2) is 0 Å². The second-order valence-electron chi connectivity index (χ2n) is 9.18. The van der Waals surface area contributed by atoms with Crippen molar-refractivity contribution < 1.29 is 38.9 Å².